The van der Waals surface area contributed by atoms with E-state index < -0.39 is 6.04 Å². The van der Waals surface area contributed by atoms with Crippen LogP contribution in [0.1, 0.15) is 25.5 Å². The van der Waals surface area contributed by atoms with E-state index in [0.29, 0.717) is 10.7 Å². The molecule has 0 aliphatic carbocycles. The maximum absolute atomic E-state index is 13.1. The number of carbonyl (C=O) groups is 2. The molecule has 27 heavy (non-hydrogen) atoms. The van der Waals surface area contributed by atoms with Crippen LogP contribution in [-0.4, -0.2) is 48.3 Å². The summed E-state index contributed by atoms with van der Waals surface area (Å²) in [6, 6.07) is 16.3. The SMILES string of the molecule is CCN(CC)C(C(=O)N(C)CC(=O)Nc1ccccc1Cl)c1ccccc1. The number of hydrogen-bond donors (Lipinski definition) is 1. The van der Waals surface area contributed by atoms with Crippen LogP contribution in [0.15, 0.2) is 54.6 Å². The number of likely N-dealkylation sites (N-methyl/N-ethyl adjacent to an activating group) is 2. The topological polar surface area (TPSA) is 52.7 Å². The fourth-order valence-electron chi connectivity index (χ4n) is 2.99. The number of halogens is 1. The summed E-state index contributed by atoms with van der Waals surface area (Å²) in [4.78, 5) is 29.1. The molecule has 6 heteroatoms. The summed E-state index contributed by atoms with van der Waals surface area (Å²) in [5.41, 5.74) is 1.46. The standard InChI is InChI=1S/C21H26ClN3O2/c1-4-25(5-2)20(16-11-7-6-8-12-16)21(27)24(3)15-19(26)23-18-14-10-9-13-17(18)22/h6-14,20H,4-5,15H2,1-3H3,(H,23,26). The van der Waals surface area contributed by atoms with Crippen molar-refractivity contribution in [2.24, 2.45) is 0 Å². The summed E-state index contributed by atoms with van der Waals surface area (Å²) in [7, 11) is 1.65. The molecular formula is C21H26ClN3O2. The molecule has 0 aliphatic heterocycles. The highest BCUT2D eigenvalue weighted by Gasteiger charge is 2.29. The fraction of sp³-hybridized carbons (Fsp3) is 0.333. The van der Waals surface area contributed by atoms with Crippen molar-refractivity contribution in [2.75, 3.05) is 32.0 Å². The third-order valence-corrected chi connectivity index (χ3v) is 4.76. The average Bonchev–Trinajstić information content (AvgIpc) is 2.68. The van der Waals surface area contributed by atoms with Gasteiger partial charge in [0.25, 0.3) is 0 Å². The van der Waals surface area contributed by atoms with Gasteiger partial charge in [0.1, 0.15) is 6.04 Å². The second-order valence-corrected chi connectivity index (χ2v) is 6.66. The molecule has 0 saturated carbocycles. The van der Waals surface area contributed by atoms with E-state index in [1.165, 1.54) is 4.90 Å². The molecule has 0 radical (unpaired) electrons. The lowest BCUT2D eigenvalue weighted by Crippen LogP contribution is -2.44. The zero-order valence-corrected chi connectivity index (χ0v) is 16.7. The number of amides is 2. The molecule has 0 aromatic heterocycles. The summed E-state index contributed by atoms with van der Waals surface area (Å²) in [5.74, 6) is -0.399. The predicted molar refractivity (Wildman–Crippen MR) is 110 cm³/mol. The maximum Gasteiger partial charge on any atom is 0.244 e. The van der Waals surface area contributed by atoms with Crippen LogP contribution < -0.4 is 5.32 Å². The number of carbonyl (C=O) groups excluding carboxylic acids is 2. The third-order valence-electron chi connectivity index (χ3n) is 4.43. The van der Waals surface area contributed by atoms with Crippen LogP contribution >= 0.6 is 11.6 Å². The van der Waals surface area contributed by atoms with Crippen molar-refractivity contribution < 1.29 is 9.59 Å². The van der Waals surface area contributed by atoms with Crippen LogP contribution in [0.2, 0.25) is 5.02 Å². The summed E-state index contributed by atoms with van der Waals surface area (Å²) in [6.07, 6.45) is 0. The van der Waals surface area contributed by atoms with Gasteiger partial charge in [-0.2, -0.15) is 0 Å². The molecule has 1 atom stereocenters. The van der Waals surface area contributed by atoms with E-state index >= 15 is 0 Å². The molecule has 0 saturated heterocycles. The number of rotatable bonds is 8. The Hall–Kier alpha value is -2.37. The minimum absolute atomic E-state index is 0.0470. The Morgan fingerprint density at radius 2 is 1.59 bits per heavy atom. The second-order valence-electron chi connectivity index (χ2n) is 6.26. The number of anilines is 1. The van der Waals surface area contributed by atoms with Crippen molar-refractivity contribution >= 4 is 29.1 Å². The van der Waals surface area contributed by atoms with Gasteiger partial charge >= 0.3 is 0 Å². The first-order valence-corrected chi connectivity index (χ1v) is 9.44. The van der Waals surface area contributed by atoms with E-state index in [1.54, 1.807) is 31.3 Å². The summed E-state index contributed by atoms with van der Waals surface area (Å²) >= 11 is 6.08. The average molecular weight is 388 g/mol. The van der Waals surface area contributed by atoms with Gasteiger partial charge in [-0.3, -0.25) is 14.5 Å². The Labute approximate surface area is 165 Å². The van der Waals surface area contributed by atoms with Gasteiger partial charge in [0.2, 0.25) is 11.8 Å². The number of para-hydroxylation sites is 1. The van der Waals surface area contributed by atoms with Crippen molar-refractivity contribution in [2.45, 2.75) is 19.9 Å². The number of nitrogens with one attached hydrogen (secondary N) is 1. The largest absolute Gasteiger partial charge is 0.335 e. The molecule has 2 aromatic rings. The molecule has 5 nitrogen and oxygen atoms in total. The third kappa shape index (κ3) is 5.55. The molecule has 2 amide bonds. The Balaban J connectivity index is 2.12. The first kappa shape index (κ1) is 20.9. The zero-order chi connectivity index (χ0) is 19.8. The van der Waals surface area contributed by atoms with Gasteiger partial charge < -0.3 is 10.2 Å². The monoisotopic (exact) mass is 387 g/mol. The number of nitrogens with zero attached hydrogens (tertiary/aromatic N) is 2. The minimum Gasteiger partial charge on any atom is -0.335 e. The van der Waals surface area contributed by atoms with Gasteiger partial charge in [-0.05, 0) is 30.8 Å². The smallest absolute Gasteiger partial charge is 0.244 e. The fourth-order valence-corrected chi connectivity index (χ4v) is 3.17. The molecular weight excluding hydrogens is 362 g/mol. The lowest BCUT2D eigenvalue weighted by atomic mass is 10.0. The van der Waals surface area contributed by atoms with Crippen LogP contribution in [0.25, 0.3) is 0 Å². The molecule has 2 aromatic carbocycles. The van der Waals surface area contributed by atoms with E-state index in [2.05, 4.69) is 10.2 Å². The maximum atomic E-state index is 13.1. The lowest BCUT2D eigenvalue weighted by molar-refractivity contribution is -0.138. The predicted octanol–water partition coefficient (Wildman–Crippen LogP) is 3.82. The Bertz CT molecular complexity index is 763. The first-order valence-electron chi connectivity index (χ1n) is 9.06. The van der Waals surface area contributed by atoms with Crippen LogP contribution in [0.4, 0.5) is 5.69 Å². The highest BCUT2D eigenvalue weighted by atomic mass is 35.5. The Kier molecular flexibility index (Phi) is 7.82. The normalized spacial score (nSPS) is 11.9. The number of hydrogen-bond acceptors (Lipinski definition) is 3. The van der Waals surface area contributed by atoms with Crippen LogP contribution in [0.5, 0.6) is 0 Å². The van der Waals surface area contributed by atoms with Gasteiger partial charge in [0.15, 0.2) is 0 Å². The molecule has 0 fully saturated rings. The quantitative estimate of drug-likeness (QED) is 0.749. The van der Waals surface area contributed by atoms with Crippen molar-refractivity contribution in [1.82, 2.24) is 9.80 Å². The molecule has 2 rings (SSSR count). The van der Waals surface area contributed by atoms with E-state index in [1.807, 2.05) is 44.2 Å². The van der Waals surface area contributed by atoms with E-state index in [-0.39, 0.29) is 18.4 Å². The van der Waals surface area contributed by atoms with Crippen molar-refractivity contribution in [3.63, 3.8) is 0 Å². The highest BCUT2D eigenvalue weighted by molar-refractivity contribution is 6.33. The van der Waals surface area contributed by atoms with Crippen LogP contribution in [0, 0.1) is 0 Å². The second kappa shape index (κ2) is 10.1. The first-order chi connectivity index (χ1) is 13.0. The number of benzene rings is 2. The van der Waals surface area contributed by atoms with Gasteiger partial charge in [-0.1, -0.05) is 67.9 Å². The van der Waals surface area contributed by atoms with Crippen molar-refractivity contribution in [1.29, 1.82) is 0 Å². The van der Waals surface area contributed by atoms with E-state index in [0.717, 1.165) is 18.7 Å². The van der Waals surface area contributed by atoms with Gasteiger partial charge in [0.05, 0.1) is 17.3 Å². The van der Waals surface area contributed by atoms with Crippen LogP contribution in [-0.2, 0) is 9.59 Å². The van der Waals surface area contributed by atoms with Crippen molar-refractivity contribution in [3.8, 4) is 0 Å². The molecule has 0 heterocycles. The molecule has 0 aliphatic rings. The zero-order valence-electron chi connectivity index (χ0n) is 16.0. The lowest BCUT2D eigenvalue weighted by Gasteiger charge is -2.32. The summed E-state index contributed by atoms with van der Waals surface area (Å²) < 4.78 is 0. The molecule has 0 spiro atoms. The summed E-state index contributed by atoms with van der Waals surface area (Å²) in [5, 5.41) is 3.22. The van der Waals surface area contributed by atoms with Gasteiger partial charge in [-0.25, -0.2) is 0 Å². The van der Waals surface area contributed by atoms with Crippen LogP contribution in [0.3, 0.4) is 0 Å². The van der Waals surface area contributed by atoms with E-state index in [9.17, 15) is 9.59 Å². The van der Waals surface area contributed by atoms with Gasteiger partial charge in [0, 0.05) is 7.05 Å². The summed E-state index contributed by atoms with van der Waals surface area (Å²) in [6.45, 7) is 5.48. The molecule has 0 bridgehead atoms. The molecule has 1 N–H and O–H groups in total. The Morgan fingerprint density at radius 3 is 2.19 bits per heavy atom. The minimum atomic E-state index is -0.417. The molecule has 144 valence electrons. The van der Waals surface area contributed by atoms with Crippen molar-refractivity contribution in [3.05, 3.63) is 65.2 Å². The van der Waals surface area contributed by atoms with Gasteiger partial charge in [-0.15, -0.1) is 0 Å². The van der Waals surface area contributed by atoms with E-state index in [4.69, 9.17) is 11.6 Å². The highest BCUT2D eigenvalue weighted by Crippen LogP contribution is 2.23. The Morgan fingerprint density at radius 1 is 1.00 bits per heavy atom. The molecule has 1 unspecified atom stereocenters.